The number of hydrogen-bond donors (Lipinski definition) is 0. The Morgan fingerprint density at radius 1 is 0.769 bits per heavy atom. The predicted octanol–water partition coefficient (Wildman–Crippen LogP) is 5.70. The van der Waals surface area contributed by atoms with E-state index in [0.29, 0.717) is 19.8 Å². The Bertz CT molecular complexity index is 318. The molecule has 0 rings (SSSR count). The summed E-state index contributed by atoms with van der Waals surface area (Å²) in [5.74, 6) is -1.19. The second kappa shape index (κ2) is 19.1. The molecular formula is C20H41O5Si. The van der Waals surface area contributed by atoms with E-state index in [1.165, 1.54) is 58.3 Å². The molecule has 0 N–H and O–H groups in total. The van der Waals surface area contributed by atoms with Gasteiger partial charge in [-0.25, -0.2) is 9.90 Å². The van der Waals surface area contributed by atoms with Crippen molar-refractivity contribution < 1.29 is 23.2 Å². The minimum Gasteiger partial charge on any atom is -0.374 e. The van der Waals surface area contributed by atoms with Crippen LogP contribution < -0.4 is 0 Å². The van der Waals surface area contributed by atoms with Crippen molar-refractivity contribution in [1.29, 1.82) is 0 Å². The van der Waals surface area contributed by atoms with Crippen LogP contribution in [0.4, 0.5) is 0 Å². The average molecular weight is 390 g/mol. The summed E-state index contributed by atoms with van der Waals surface area (Å²) in [6, 6.07) is 0.970. The molecule has 0 saturated carbocycles. The maximum atomic E-state index is 9.49. The van der Waals surface area contributed by atoms with Crippen LogP contribution in [-0.4, -0.2) is 34.6 Å². The van der Waals surface area contributed by atoms with Crippen LogP contribution in [0.1, 0.15) is 86.0 Å². The Morgan fingerprint density at radius 3 is 1.42 bits per heavy atom. The molecule has 155 valence electrons. The Balaban J connectivity index is 0. The Hall–Kier alpha value is -0.693. The van der Waals surface area contributed by atoms with E-state index in [-0.39, 0.29) is 5.57 Å². The molecule has 1 radical (unpaired) electrons. The van der Waals surface area contributed by atoms with Gasteiger partial charge in [0.25, 0.3) is 0 Å². The lowest BCUT2D eigenvalue weighted by molar-refractivity contribution is -0.138. The number of carbonyl (C=O) groups excluding carboxylic acids is 1. The van der Waals surface area contributed by atoms with Gasteiger partial charge in [-0.1, -0.05) is 58.4 Å². The third-order valence-corrected chi connectivity index (χ3v) is 6.93. The average Bonchev–Trinajstić information content (AvgIpc) is 2.58. The molecule has 0 aliphatic rings. The van der Waals surface area contributed by atoms with Crippen molar-refractivity contribution in [2.75, 3.05) is 19.8 Å². The van der Waals surface area contributed by atoms with E-state index < -0.39 is 14.8 Å². The van der Waals surface area contributed by atoms with Gasteiger partial charge in [0, 0.05) is 31.4 Å². The van der Waals surface area contributed by atoms with E-state index in [0.717, 1.165) is 6.04 Å². The van der Waals surface area contributed by atoms with E-state index in [1.807, 2.05) is 20.8 Å². The summed E-state index contributed by atoms with van der Waals surface area (Å²) in [5.41, 5.74) is 0.0648. The summed E-state index contributed by atoms with van der Waals surface area (Å²) in [7, 11) is -2.38. The molecule has 0 aromatic heterocycles. The molecule has 0 heterocycles. The first kappa shape index (κ1) is 27.5. The molecule has 0 spiro atoms. The van der Waals surface area contributed by atoms with E-state index in [2.05, 4.69) is 13.5 Å². The highest BCUT2D eigenvalue weighted by Gasteiger charge is 2.39. The first-order valence-corrected chi connectivity index (χ1v) is 12.1. The Morgan fingerprint density at radius 2 is 1.12 bits per heavy atom. The largest absolute Gasteiger partial charge is 0.500 e. The SMILES string of the molecule is C=C(C)C([O])=O.CCCCCCCCCC[Si](OCC)(OCC)OCC. The van der Waals surface area contributed by atoms with Crippen molar-refractivity contribution >= 4 is 14.8 Å². The van der Waals surface area contributed by atoms with Crippen molar-refractivity contribution in [2.24, 2.45) is 0 Å². The van der Waals surface area contributed by atoms with Crippen LogP contribution in [0.3, 0.4) is 0 Å². The number of rotatable bonds is 16. The minimum atomic E-state index is -2.38. The van der Waals surface area contributed by atoms with Crippen molar-refractivity contribution in [2.45, 2.75) is 92.0 Å². The van der Waals surface area contributed by atoms with Gasteiger partial charge in [-0.05, 0) is 34.1 Å². The van der Waals surface area contributed by atoms with Crippen LogP contribution in [0, 0.1) is 0 Å². The highest BCUT2D eigenvalue weighted by atomic mass is 28.4. The number of hydrogen-bond acceptors (Lipinski definition) is 4. The van der Waals surface area contributed by atoms with Gasteiger partial charge in [0.1, 0.15) is 0 Å². The Labute approximate surface area is 162 Å². The topological polar surface area (TPSA) is 64.7 Å². The summed E-state index contributed by atoms with van der Waals surface area (Å²) in [6.45, 7) is 14.9. The smallest absolute Gasteiger partial charge is 0.374 e. The molecule has 0 aliphatic carbocycles. The standard InChI is InChI=1S/C16H36O3Si.C4H5O2/c1-5-9-10-11-12-13-14-15-16-20(17-6-2,18-7-3)19-8-4;1-3(2)4(5)6/h5-16H2,1-4H3;1H2,2H3. The fourth-order valence-electron chi connectivity index (χ4n) is 2.48. The van der Waals surface area contributed by atoms with Crippen molar-refractivity contribution in [3.8, 4) is 0 Å². The van der Waals surface area contributed by atoms with Crippen LogP contribution >= 0.6 is 0 Å². The monoisotopic (exact) mass is 389 g/mol. The summed E-state index contributed by atoms with van der Waals surface area (Å²) in [4.78, 5) is 9.49. The van der Waals surface area contributed by atoms with Crippen LogP contribution in [0.5, 0.6) is 0 Å². The second-order valence-corrected chi connectivity index (χ2v) is 9.01. The van der Waals surface area contributed by atoms with Gasteiger partial charge in [-0.3, -0.25) is 0 Å². The molecule has 0 aromatic carbocycles. The maximum Gasteiger partial charge on any atom is 0.500 e. The fraction of sp³-hybridized carbons (Fsp3) is 0.850. The van der Waals surface area contributed by atoms with Gasteiger partial charge in [0.15, 0.2) is 0 Å². The third kappa shape index (κ3) is 16.8. The molecule has 0 atom stereocenters. The van der Waals surface area contributed by atoms with Gasteiger partial charge in [-0.2, -0.15) is 0 Å². The molecular weight excluding hydrogens is 348 g/mol. The number of unbranched alkanes of at least 4 members (excludes halogenated alkanes) is 7. The van der Waals surface area contributed by atoms with Gasteiger partial charge >= 0.3 is 14.8 Å². The minimum absolute atomic E-state index is 0.0648. The molecule has 26 heavy (non-hydrogen) atoms. The quantitative estimate of drug-likeness (QED) is 0.193. The fourth-order valence-corrected chi connectivity index (χ4v) is 5.16. The van der Waals surface area contributed by atoms with Crippen LogP contribution in [0.2, 0.25) is 6.04 Å². The third-order valence-electron chi connectivity index (χ3n) is 3.78. The Kier molecular flexibility index (Phi) is 20.2. The van der Waals surface area contributed by atoms with Gasteiger partial charge in [-0.15, -0.1) is 0 Å². The first-order valence-electron chi connectivity index (χ1n) is 10.2. The zero-order chi connectivity index (χ0) is 20.3. The lowest BCUT2D eigenvalue weighted by Crippen LogP contribution is -2.45. The van der Waals surface area contributed by atoms with Crippen LogP contribution in [0.15, 0.2) is 12.2 Å². The first-order chi connectivity index (χ1) is 12.4. The molecule has 0 aromatic rings. The van der Waals surface area contributed by atoms with Crippen LogP contribution in [0.25, 0.3) is 0 Å². The molecule has 6 heteroatoms. The molecule has 0 aliphatic heterocycles. The predicted molar refractivity (Wildman–Crippen MR) is 109 cm³/mol. The summed E-state index contributed by atoms with van der Waals surface area (Å²) < 4.78 is 17.6. The zero-order valence-corrected chi connectivity index (χ0v) is 18.7. The molecule has 0 fully saturated rings. The lowest BCUT2D eigenvalue weighted by Gasteiger charge is -2.28. The molecule has 0 bridgehead atoms. The zero-order valence-electron chi connectivity index (χ0n) is 17.7. The summed E-state index contributed by atoms with van der Waals surface area (Å²) in [6.07, 6.45) is 10.6. The highest BCUT2D eigenvalue weighted by Crippen LogP contribution is 2.20. The van der Waals surface area contributed by atoms with Crippen molar-refractivity contribution in [1.82, 2.24) is 0 Å². The lowest BCUT2D eigenvalue weighted by atomic mass is 10.1. The summed E-state index contributed by atoms with van der Waals surface area (Å²) in [5, 5.41) is 9.49. The van der Waals surface area contributed by atoms with Gasteiger partial charge in [0.05, 0.1) is 0 Å². The molecule has 5 nitrogen and oxygen atoms in total. The van der Waals surface area contributed by atoms with E-state index in [9.17, 15) is 9.90 Å². The molecule has 0 amide bonds. The number of carbonyl (C=O) groups is 1. The molecule has 0 saturated heterocycles. The van der Waals surface area contributed by atoms with Crippen LogP contribution in [-0.2, 0) is 23.2 Å². The van der Waals surface area contributed by atoms with Crippen molar-refractivity contribution in [3.05, 3.63) is 12.2 Å². The van der Waals surface area contributed by atoms with Gasteiger partial charge < -0.3 is 13.3 Å². The van der Waals surface area contributed by atoms with E-state index in [1.54, 1.807) is 0 Å². The van der Waals surface area contributed by atoms with Gasteiger partial charge in [0.2, 0.25) is 0 Å². The van der Waals surface area contributed by atoms with E-state index >= 15 is 0 Å². The normalized spacial score (nSPS) is 11.0. The highest BCUT2D eigenvalue weighted by molar-refractivity contribution is 6.60. The second-order valence-electron chi connectivity index (χ2n) is 6.27. The van der Waals surface area contributed by atoms with Crippen molar-refractivity contribution in [3.63, 3.8) is 0 Å². The summed E-state index contributed by atoms with van der Waals surface area (Å²) >= 11 is 0. The molecule has 0 unspecified atom stereocenters. The van der Waals surface area contributed by atoms with E-state index in [4.69, 9.17) is 13.3 Å². The maximum absolute atomic E-state index is 9.49.